The van der Waals surface area contributed by atoms with Crippen LogP contribution >= 0.6 is 0 Å². The number of imidazole rings is 1. The van der Waals surface area contributed by atoms with Gasteiger partial charge >= 0.3 is 0 Å². The van der Waals surface area contributed by atoms with Crippen molar-refractivity contribution in [3.63, 3.8) is 0 Å². The molecular weight excluding hydrogens is 246 g/mol. The Morgan fingerprint density at radius 1 is 1.47 bits per heavy atom. The lowest BCUT2D eigenvalue weighted by molar-refractivity contribution is 0.0379. The number of aromatic nitrogens is 3. The maximum atomic E-state index is 9.69. The number of hydrogen-bond acceptors (Lipinski definition) is 6. The molecular formula is C12H17N5O2. The standard InChI is InChI=1S/C12H17N5O2/c13-9-7-17-4-3-14-11(17)10(15-9)16-12(8-18)1-5-19-6-2-12/h3-4,7,18H,1-2,5-6,8,13H2,(H,15,16). The van der Waals surface area contributed by atoms with E-state index >= 15 is 0 Å². The van der Waals surface area contributed by atoms with Crippen molar-refractivity contribution in [3.05, 3.63) is 18.6 Å². The summed E-state index contributed by atoms with van der Waals surface area (Å²) >= 11 is 0. The average molecular weight is 263 g/mol. The van der Waals surface area contributed by atoms with E-state index in [0.29, 0.717) is 30.5 Å². The number of aliphatic hydroxyl groups is 1. The second-order valence-corrected chi connectivity index (χ2v) is 4.85. The van der Waals surface area contributed by atoms with Gasteiger partial charge in [0.25, 0.3) is 0 Å². The monoisotopic (exact) mass is 263 g/mol. The summed E-state index contributed by atoms with van der Waals surface area (Å²) in [6.45, 7) is 1.28. The molecule has 0 bridgehead atoms. The van der Waals surface area contributed by atoms with Crippen molar-refractivity contribution >= 4 is 17.3 Å². The Kier molecular flexibility index (Phi) is 3.00. The molecule has 2 aromatic heterocycles. The Bertz CT molecular complexity index is 577. The van der Waals surface area contributed by atoms with Crippen LogP contribution in [0.5, 0.6) is 0 Å². The Balaban J connectivity index is 1.97. The van der Waals surface area contributed by atoms with E-state index in [4.69, 9.17) is 10.5 Å². The zero-order chi connectivity index (χ0) is 13.3. The van der Waals surface area contributed by atoms with Crippen LogP contribution in [0.3, 0.4) is 0 Å². The fourth-order valence-corrected chi connectivity index (χ4v) is 2.37. The van der Waals surface area contributed by atoms with Gasteiger partial charge in [-0.1, -0.05) is 0 Å². The first-order valence-corrected chi connectivity index (χ1v) is 6.28. The highest BCUT2D eigenvalue weighted by Gasteiger charge is 2.33. The molecule has 7 nitrogen and oxygen atoms in total. The van der Waals surface area contributed by atoms with E-state index in [0.717, 1.165) is 12.8 Å². The van der Waals surface area contributed by atoms with Crippen LogP contribution in [0.2, 0.25) is 0 Å². The molecule has 19 heavy (non-hydrogen) atoms. The summed E-state index contributed by atoms with van der Waals surface area (Å²) in [5, 5.41) is 13.0. The summed E-state index contributed by atoms with van der Waals surface area (Å²) in [5.41, 5.74) is 6.08. The molecule has 0 aromatic carbocycles. The first-order valence-electron chi connectivity index (χ1n) is 6.28. The van der Waals surface area contributed by atoms with Gasteiger partial charge in [-0.2, -0.15) is 0 Å². The Morgan fingerprint density at radius 3 is 3.00 bits per heavy atom. The van der Waals surface area contributed by atoms with Crippen molar-refractivity contribution in [1.29, 1.82) is 0 Å². The molecule has 0 radical (unpaired) electrons. The summed E-state index contributed by atoms with van der Waals surface area (Å²) in [6, 6.07) is 0. The number of rotatable bonds is 3. The third-order valence-electron chi connectivity index (χ3n) is 3.53. The highest BCUT2D eigenvalue weighted by molar-refractivity contribution is 5.65. The van der Waals surface area contributed by atoms with E-state index in [1.807, 2.05) is 10.6 Å². The van der Waals surface area contributed by atoms with Crippen molar-refractivity contribution in [2.75, 3.05) is 30.9 Å². The van der Waals surface area contributed by atoms with Gasteiger partial charge in [-0.3, -0.25) is 0 Å². The molecule has 102 valence electrons. The molecule has 0 amide bonds. The maximum Gasteiger partial charge on any atom is 0.180 e. The number of fused-ring (bicyclic) bond motifs is 1. The molecule has 4 N–H and O–H groups in total. The molecule has 7 heteroatoms. The number of ether oxygens (including phenoxy) is 1. The quantitative estimate of drug-likeness (QED) is 0.735. The maximum absolute atomic E-state index is 9.69. The van der Waals surface area contributed by atoms with Crippen LogP contribution in [0.4, 0.5) is 11.6 Å². The predicted octanol–water partition coefficient (Wildman–Crippen LogP) is 0.265. The first-order chi connectivity index (χ1) is 9.22. The van der Waals surface area contributed by atoms with Crippen LogP contribution in [-0.2, 0) is 4.74 Å². The highest BCUT2D eigenvalue weighted by atomic mass is 16.5. The fraction of sp³-hybridized carbons (Fsp3) is 0.500. The lowest BCUT2D eigenvalue weighted by Gasteiger charge is -2.36. The molecule has 0 atom stereocenters. The second-order valence-electron chi connectivity index (χ2n) is 4.85. The minimum absolute atomic E-state index is 0.0275. The van der Waals surface area contributed by atoms with E-state index in [1.54, 1.807) is 12.4 Å². The molecule has 0 saturated carbocycles. The summed E-state index contributed by atoms with van der Waals surface area (Å²) in [7, 11) is 0. The minimum atomic E-state index is -0.411. The second kappa shape index (κ2) is 4.67. The van der Waals surface area contributed by atoms with Gasteiger partial charge in [-0.05, 0) is 12.8 Å². The minimum Gasteiger partial charge on any atom is -0.394 e. The lowest BCUT2D eigenvalue weighted by atomic mass is 9.91. The number of nitrogen functional groups attached to an aromatic ring is 1. The van der Waals surface area contributed by atoms with Crippen molar-refractivity contribution in [2.45, 2.75) is 18.4 Å². The summed E-state index contributed by atoms with van der Waals surface area (Å²) in [5.74, 6) is 1.01. The van der Waals surface area contributed by atoms with E-state index in [-0.39, 0.29) is 6.61 Å². The lowest BCUT2D eigenvalue weighted by Crippen LogP contribution is -2.47. The van der Waals surface area contributed by atoms with Crippen molar-refractivity contribution < 1.29 is 9.84 Å². The topological polar surface area (TPSA) is 97.7 Å². The van der Waals surface area contributed by atoms with E-state index in [1.165, 1.54) is 0 Å². The highest BCUT2D eigenvalue weighted by Crippen LogP contribution is 2.27. The van der Waals surface area contributed by atoms with E-state index in [9.17, 15) is 5.11 Å². The van der Waals surface area contributed by atoms with Gasteiger partial charge in [-0.25, -0.2) is 9.97 Å². The first kappa shape index (κ1) is 12.2. The van der Waals surface area contributed by atoms with Gasteiger partial charge in [0.05, 0.1) is 18.3 Å². The number of nitrogens with two attached hydrogens (primary N) is 1. The van der Waals surface area contributed by atoms with Crippen LogP contribution in [0.25, 0.3) is 5.65 Å². The van der Waals surface area contributed by atoms with Crippen molar-refractivity contribution in [3.8, 4) is 0 Å². The van der Waals surface area contributed by atoms with Crippen LogP contribution in [0, 0.1) is 0 Å². The van der Waals surface area contributed by atoms with Gasteiger partial charge in [0.15, 0.2) is 11.5 Å². The molecule has 0 spiro atoms. The van der Waals surface area contributed by atoms with Gasteiger partial charge < -0.3 is 25.3 Å². The van der Waals surface area contributed by atoms with Crippen LogP contribution in [0.1, 0.15) is 12.8 Å². The molecule has 0 aliphatic carbocycles. The van der Waals surface area contributed by atoms with E-state index in [2.05, 4.69) is 15.3 Å². The summed E-state index contributed by atoms with van der Waals surface area (Å²) < 4.78 is 7.16. The predicted molar refractivity (Wildman–Crippen MR) is 70.9 cm³/mol. The van der Waals surface area contributed by atoms with Gasteiger partial charge in [0, 0.05) is 25.6 Å². The number of aliphatic hydroxyl groups excluding tert-OH is 1. The van der Waals surface area contributed by atoms with Gasteiger partial charge in [-0.15, -0.1) is 0 Å². The molecule has 3 rings (SSSR count). The van der Waals surface area contributed by atoms with Crippen LogP contribution in [0.15, 0.2) is 18.6 Å². The summed E-state index contributed by atoms with van der Waals surface area (Å²) in [6.07, 6.45) is 6.67. The Morgan fingerprint density at radius 2 is 2.26 bits per heavy atom. The molecule has 3 heterocycles. The molecule has 1 saturated heterocycles. The Hall–Kier alpha value is -1.86. The zero-order valence-electron chi connectivity index (χ0n) is 10.5. The van der Waals surface area contributed by atoms with E-state index < -0.39 is 5.54 Å². The third kappa shape index (κ3) is 2.22. The third-order valence-corrected chi connectivity index (χ3v) is 3.53. The van der Waals surface area contributed by atoms with Gasteiger partial charge in [0.1, 0.15) is 5.82 Å². The number of nitrogens with one attached hydrogen (secondary N) is 1. The molecule has 2 aromatic rings. The largest absolute Gasteiger partial charge is 0.394 e. The normalized spacial score (nSPS) is 18.6. The number of anilines is 2. The van der Waals surface area contributed by atoms with Crippen LogP contribution in [-0.4, -0.2) is 44.8 Å². The van der Waals surface area contributed by atoms with Gasteiger partial charge in [0.2, 0.25) is 0 Å². The van der Waals surface area contributed by atoms with Crippen LogP contribution < -0.4 is 11.1 Å². The zero-order valence-corrected chi connectivity index (χ0v) is 10.5. The number of hydrogen-bond donors (Lipinski definition) is 3. The SMILES string of the molecule is Nc1cn2ccnc2c(NC2(CO)CCOCC2)n1. The fourth-order valence-electron chi connectivity index (χ4n) is 2.37. The van der Waals surface area contributed by atoms with Crippen molar-refractivity contribution in [2.24, 2.45) is 0 Å². The average Bonchev–Trinajstić information content (AvgIpc) is 2.88. The molecule has 1 aliphatic heterocycles. The number of nitrogens with zero attached hydrogens (tertiary/aromatic N) is 3. The molecule has 0 unspecified atom stereocenters. The summed E-state index contributed by atoms with van der Waals surface area (Å²) in [4.78, 5) is 8.55. The Labute approximate surface area is 110 Å². The molecule has 1 fully saturated rings. The smallest absolute Gasteiger partial charge is 0.180 e. The molecule has 1 aliphatic rings. The van der Waals surface area contributed by atoms with Crippen molar-refractivity contribution in [1.82, 2.24) is 14.4 Å².